The van der Waals surface area contributed by atoms with Crippen molar-refractivity contribution in [3.63, 3.8) is 0 Å². The first-order valence-electron chi connectivity index (χ1n) is 3.97. The Kier molecular flexibility index (Phi) is 6.32. The third kappa shape index (κ3) is 7.24. The molecule has 0 aliphatic heterocycles. The quantitative estimate of drug-likeness (QED) is 0.362. The monoisotopic (exact) mass is 173 g/mol. The highest BCUT2D eigenvalue weighted by Gasteiger charge is 1.94. The van der Waals surface area contributed by atoms with Crippen molar-refractivity contribution in [2.45, 2.75) is 25.3 Å². The number of carboxylic acid groups (broad SMARTS) is 1. The zero-order chi connectivity index (χ0) is 9.40. The number of carbonyl (C=O) groups excluding carboxylic acids is 1. The number of hydrogen-bond donors (Lipinski definition) is 2. The van der Waals surface area contributed by atoms with Crippen LogP contribution in [-0.2, 0) is 4.79 Å². The van der Waals surface area contributed by atoms with E-state index in [0.29, 0.717) is 12.8 Å². The van der Waals surface area contributed by atoms with Gasteiger partial charge in [0.05, 0.1) is 6.61 Å². The standard InChI is InChI=1S/C8H15NO3/c9-7(6-10)4-2-1-3-5-8(11)12/h2,4,7,10H,1,3,5-6,9H2,(H,11,12)/b4-2-/t7-/m1/s1. The lowest BCUT2D eigenvalue weighted by Crippen LogP contribution is -2.61. The summed E-state index contributed by atoms with van der Waals surface area (Å²) in [6, 6.07) is -0.0899. The predicted molar refractivity (Wildman–Crippen MR) is 41.8 cm³/mol. The third-order valence-electron chi connectivity index (χ3n) is 1.39. The molecule has 0 amide bonds. The molecule has 70 valence electrons. The van der Waals surface area contributed by atoms with Crippen LogP contribution in [0, 0.1) is 0 Å². The number of allylic oxidation sites excluding steroid dienone is 1. The van der Waals surface area contributed by atoms with E-state index in [0.717, 1.165) is 0 Å². The molecule has 4 heteroatoms. The number of rotatable bonds is 6. The van der Waals surface area contributed by atoms with Crippen LogP contribution >= 0.6 is 0 Å². The van der Waals surface area contributed by atoms with Crippen LogP contribution in [0.15, 0.2) is 12.2 Å². The van der Waals surface area contributed by atoms with Crippen LogP contribution in [0.1, 0.15) is 19.3 Å². The van der Waals surface area contributed by atoms with Crippen molar-refractivity contribution in [2.75, 3.05) is 6.61 Å². The smallest absolute Gasteiger partial charge is 0.126 e. The van der Waals surface area contributed by atoms with E-state index in [2.05, 4.69) is 5.73 Å². The van der Waals surface area contributed by atoms with Gasteiger partial charge in [0.25, 0.3) is 0 Å². The van der Waals surface area contributed by atoms with Gasteiger partial charge in [-0.25, -0.2) is 0 Å². The predicted octanol–water partition coefficient (Wildman–Crippen LogP) is -1.93. The summed E-state index contributed by atoms with van der Waals surface area (Å²) in [7, 11) is 0. The van der Waals surface area contributed by atoms with Crippen molar-refractivity contribution in [2.24, 2.45) is 0 Å². The fourth-order valence-electron chi connectivity index (χ4n) is 0.714. The Morgan fingerprint density at radius 1 is 1.67 bits per heavy atom. The van der Waals surface area contributed by atoms with E-state index >= 15 is 0 Å². The minimum absolute atomic E-state index is 0.0248. The van der Waals surface area contributed by atoms with Crippen LogP contribution < -0.4 is 10.8 Å². The van der Waals surface area contributed by atoms with Gasteiger partial charge in [-0.1, -0.05) is 6.08 Å². The summed E-state index contributed by atoms with van der Waals surface area (Å²) >= 11 is 0. The summed E-state index contributed by atoms with van der Waals surface area (Å²) in [5.74, 6) is -1.02. The zero-order valence-corrected chi connectivity index (χ0v) is 7.03. The molecule has 0 aromatic heterocycles. The minimum atomic E-state index is -1.02. The van der Waals surface area contributed by atoms with E-state index in [1.165, 1.54) is 0 Å². The number of unbranched alkanes of at least 4 members (excludes halogenated alkanes) is 1. The SMILES string of the molecule is [NH3+][C@H](/C=C\CCCC(=O)[O-])CO. The van der Waals surface area contributed by atoms with Gasteiger partial charge in [0.2, 0.25) is 0 Å². The molecule has 0 aliphatic carbocycles. The van der Waals surface area contributed by atoms with Gasteiger partial charge in [-0.05, 0) is 25.3 Å². The summed E-state index contributed by atoms with van der Waals surface area (Å²) in [5, 5.41) is 18.5. The lowest BCUT2D eigenvalue weighted by molar-refractivity contribution is -0.408. The molecule has 0 unspecified atom stereocenters. The first-order valence-corrected chi connectivity index (χ1v) is 3.97. The number of carboxylic acids is 1. The topological polar surface area (TPSA) is 88.0 Å². The molecule has 0 radical (unpaired) electrons. The molecule has 0 rings (SSSR count). The molecule has 0 aliphatic rings. The first kappa shape index (κ1) is 11.1. The van der Waals surface area contributed by atoms with E-state index < -0.39 is 5.97 Å². The number of carbonyl (C=O) groups is 1. The highest BCUT2D eigenvalue weighted by atomic mass is 16.4. The van der Waals surface area contributed by atoms with Crippen LogP contribution in [0.4, 0.5) is 0 Å². The maximum Gasteiger partial charge on any atom is 0.126 e. The Hall–Kier alpha value is -0.870. The maximum absolute atomic E-state index is 9.96. The second kappa shape index (κ2) is 6.82. The average molecular weight is 173 g/mol. The zero-order valence-electron chi connectivity index (χ0n) is 7.03. The number of aliphatic hydroxyl groups is 1. The lowest BCUT2D eigenvalue weighted by Gasteiger charge is -1.98. The first-order chi connectivity index (χ1) is 5.66. The fourth-order valence-corrected chi connectivity index (χ4v) is 0.714. The summed E-state index contributed by atoms with van der Waals surface area (Å²) in [4.78, 5) is 9.96. The molecule has 1 atom stereocenters. The molecule has 0 heterocycles. The summed E-state index contributed by atoms with van der Waals surface area (Å²) < 4.78 is 0. The normalized spacial score (nSPS) is 13.5. The molecule has 0 bridgehead atoms. The van der Waals surface area contributed by atoms with E-state index in [1.807, 2.05) is 6.08 Å². The van der Waals surface area contributed by atoms with Gasteiger partial charge < -0.3 is 20.7 Å². The van der Waals surface area contributed by atoms with E-state index in [4.69, 9.17) is 5.11 Å². The Labute approximate surface area is 71.7 Å². The molecule has 0 aromatic carbocycles. The average Bonchev–Trinajstić information content (AvgIpc) is 2.03. The highest BCUT2D eigenvalue weighted by molar-refractivity contribution is 5.64. The molecule has 0 aromatic rings. The molecule has 0 spiro atoms. The number of hydrogen-bond acceptors (Lipinski definition) is 3. The second-order valence-corrected chi connectivity index (χ2v) is 2.64. The van der Waals surface area contributed by atoms with E-state index in [-0.39, 0.29) is 19.1 Å². The van der Waals surface area contributed by atoms with Gasteiger partial charge in [0, 0.05) is 5.97 Å². The van der Waals surface area contributed by atoms with Gasteiger partial charge in [-0.2, -0.15) is 0 Å². The molecule has 0 saturated carbocycles. The largest absolute Gasteiger partial charge is 0.550 e. The van der Waals surface area contributed by atoms with Gasteiger partial charge in [-0.15, -0.1) is 0 Å². The Balaban J connectivity index is 3.30. The molecule has 4 nitrogen and oxygen atoms in total. The summed E-state index contributed by atoms with van der Waals surface area (Å²) in [6.45, 7) is 0.0248. The highest BCUT2D eigenvalue weighted by Crippen LogP contribution is 1.95. The van der Waals surface area contributed by atoms with Crippen molar-refractivity contribution in [3.05, 3.63) is 12.2 Å². The minimum Gasteiger partial charge on any atom is -0.550 e. The van der Waals surface area contributed by atoms with Crippen molar-refractivity contribution in [1.82, 2.24) is 0 Å². The Bertz CT molecular complexity index is 156. The van der Waals surface area contributed by atoms with Crippen LogP contribution in [0.2, 0.25) is 0 Å². The maximum atomic E-state index is 9.96. The van der Waals surface area contributed by atoms with Gasteiger partial charge in [0.1, 0.15) is 6.04 Å². The molecule has 12 heavy (non-hydrogen) atoms. The van der Waals surface area contributed by atoms with Crippen molar-refractivity contribution < 1.29 is 20.7 Å². The van der Waals surface area contributed by atoms with Crippen molar-refractivity contribution >= 4 is 5.97 Å². The van der Waals surface area contributed by atoms with E-state index in [1.54, 1.807) is 6.08 Å². The Morgan fingerprint density at radius 3 is 2.83 bits per heavy atom. The second-order valence-electron chi connectivity index (χ2n) is 2.64. The van der Waals surface area contributed by atoms with Crippen molar-refractivity contribution in [1.29, 1.82) is 0 Å². The molecular formula is C8H15NO3. The summed E-state index contributed by atoms with van der Waals surface area (Å²) in [6.07, 6.45) is 4.97. The molecule has 0 saturated heterocycles. The van der Waals surface area contributed by atoms with Crippen LogP contribution in [0.3, 0.4) is 0 Å². The Morgan fingerprint density at radius 2 is 2.33 bits per heavy atom. The molecular weight excluding hydrogens is 158 g/mol. The van der Waals surface area contributed by atoms with Gasteiger partial charge >= 0.3 is 0 Å². The van der Waals surface area contributed by atoms with Crippen molar-refractivity contribution in [3.8, 4) is 0 Å². The fraction of sp³-hybridized carbons (Fsp3) is 0.625. The number of aliphatic hydroxyl groups excluding tert-OH is 1. The van der Waals surface area contributed by atoms with Gasteiger partial charge in [-0.3, -0.25) is 0 Å². The van der Waals surface area contributed by atoms with Gasteiger partial charge in [0.15, 0.2) is 0 Å². The number of quaternary nitrogens is 1. The molecule has 0 fully saturated rings. The van der Waals surface area contributed by atoms with Crippen LogP contribution in [-0.4, -0.2) is 23.7 Å². The van der Waals surface area contributed by atoms with Crippen LogP contribution in [0.25, 0.3) is 0 Å². The lowest BCUT2D eigenvalue weighted by atomic mass is 10.2. The van der Waals surface area contributed by atoms with E-state index in [9.17, 15) is 9.90 Å². The number of aliphatic carboxylic acids is 1. The summed E-state index contributed by atoms with van der Waals surface area (Å²) in [5.41, 5.74) is 3.62. The third-order valence-corrected chi connectivity index (χ3v) is 1.39. The van der Waals surface area contributed by atoms with Crippen LogP contribution in [0.5, 0.6) is 0 Å². The molecule has 4 N–H and O–H groups in total.